The van der Waals surface area contributed by atoms with Crippen molar-refractivity contribution in [2.75, 3.05) is 5.32 Å². The van der Waals surface area contributed by atoms with Crippen LogP contribution in [0.25, 0.3) is 0 Å². The van der Waals surface area contributed by atoms with Gasteiger partial charge in [-0.3, -0.25) is 9.59 Å². The molecule has 3 fully saturated rings. The van der Waals surface area contributed by atoms with Crippen molar-refractivity contribution in [1.82, 2.24) is 5.32 Å². The Kier molecular flexibility index (Phi) is 5.36. The van der Waals surface area contributed by atoms with Crippen LogP contribution < -0.4 is 10.6 Å². The fourth-order valence-electron chi connectivity index (χ4n) is 3.96. The molecule has 3 aliphatic rings. The Bertz CT molecular complexity index is 813. The zero-order valence-corrected chi connectivity index (χ0v) is 17.7. The lowest BCUT2D eigenvalue weighted by atomic mass is 9.98. The van der Waals surface area contributed by atoms with Gasteiger partial charge in [0.2, 0.25) is 5.91 Å². The zero-order chi connectivity index (χ0) is 21.7. The van der Waals surface area contributed by atoms with Crippen LogP contribution in [0.15, 0.2) is 30.3 Å². The van der Waals surface area contributed by atoms with Gasteiger partial charge < -0.3 is 34.3 Å². The van der Waals surface area contributed by atoms with Crippen LogP contribution in [0.1, 0.15) is 34.6 Å². The van der Waals surface area contributed by atoms with Crippen LogP contribution in [0.3, 0.4) is 0 Å². The first-order valence-electron chi connectivity index (χ1n) is 10.1. The molecule has 0 spiro atoms. The third-order valence-electron chi connectivity index (χ3n) is 5.21. The molecule has 30 heavy (non-hydrogen) atoms. The van der Waals surface area contributed by atoms with Gasteiger partial charge in [0.15, 0.2) is 24.0 Å². The van der Waals surface area contributed by atoms with Gasteiger partial charge in [0.25, 0.3) is 5.91 Å². The van der Waals surface area contributed by atoms with Gasteiger partial charge >= 0.3 is 0 Å². The summed E-state index contributed by atoms with van der Waals surface area (Å²) in [5, 5.41) is 5.46. The smallest absolute Gasteiger partial charge is 0.252 e. The third kappa shape index (κ3) is 4.21. The SMILES string of the molecule is C[C@@H](NC(=O)[C@@H]1O[C@@H]2OC(C)(C)O[C@@H]2[C@H]2OC(C)(C)O[C@H]21)C(=O)Nc1ccccc1. The monoisotopic (exact) mass is 420 g/mol. The van der Waals surface area contributed by atoms with Crippen LogP contribution in [0, 0.1) is 0 Å². The minimum atomic E-state index is -1.01. The lowest BCUT2D eigenvalue weighted by molar-refractivity contribution is -0.231. The third-order valence-corrected chi connectivity index (χ3v) is 5.21. The second-order valence-electron chi connectivity index (χ2n) is 8.68. The summed E-state index contributed by atoms with van der Waals surface area (Å²) in [6, 6.07) is 8.24. The first-order valence-corrected chi connectivity index (χ1v) is 10.1. The molecule has 2 amide bonds. The number of anilines is 1. The highest BCUT2D eigenvalue weighted by molar-refractivity contribution is 5.97. The Hall–Kier alpha value is -2.04. The number of benzene rings is 1. The molecule has 0 aromatic heterocycles. The average Bonchev–Trinajstić information content (AvgIpc) is 3.15. The summed E-state index contributed by atoms with van der Waals surface area (Å²) in [6.45, 7) is 8.69. The predicted octanol–water partition coefficient (Wildman–Crippen LogP) is 1.53. The molecule has 3 saturated heterocycles. The van der Waals surface area contributed by atoms with E-state index >= 15 is 0 Å². The molecule has 1 aromatic rings. The fourth-order valence-corrected chi connectivity index (χ4v) is 3.96. The van der Waals surface area contributed by atoms with E-state index in [1.54, 1.807) is 46.8 Å². The molecule has 164 valence electrons. The van der Waals surface area contributed by atoms with Gasteiger partial charge in [-0.25, -0.2) is 0 Å². The summed E-state index contributed by atoms with van der Waals surface area (Å²) >= 11 is 0. The van der Waals surface area contributed by atoms with E-state index in [9.17, 15) is 9.59 Å². The standard InChI is InChI=1S/C21H28N2O7/c1-11(17(24)23-12-9-7-6-8-10-12)22-18(25)15-13-14(28-20(2,3)27-13)16-19(26-15)30-21(4,5)29-16/h6-11,13-16,19H,1-5H3,(H,22,25)(H,23,24)/t11-,13-,14+,15-,16-,19-/m1/s1. The minimum absolute atomic E-state index is 0.342. The van der Waals surface area contributed by atoms with Crippen molar-refractivity contribution in [3.63, 3.8) is 0 Å². The molecule has 9 heteroatoms. The van der Waals surface area contributed by atoms with Crippen molar-refractivity contribution in [2.45, 2.75) is 82.9 Å². The van der Waals surface area contributed by atoms with Crippen molar-refractivity contribution in [3.8, 4) is 0 Å². The number of para-hydroxylation sites is 1. The Balaban J connectivity index is 1.45. The predicted molar refractivity (Wildman–Crippen MR) is 105 cm³/mol. The van der Waals surface area contributed by atoms with E-state index in [0.717, 1.165) is 0 Å². The number of rotatable bonds is 4. The summed E-state index contributed by atoms with van der Waals surface area (Å²) in [6.07, 6.45) is -3.53. The lowest BCUT2D eigenvalue weighted by Crippen LogP contribution is -2.60. The molecule has 0 saturated carbocycles. The van der Waals surface area contributed by atoms with E-state index in [4.69, 9.17) is 23.7 Å². The van der Waals surface area contributed by atoms with Crippen LogP contribution in [0.4, 0.5) is 5.69 Å². The molecule has 1 aromatic carbocycles. The number of amides is 2. The van der Waals surface area contributed by atoms with Crippen molar-refractivity contribution in [1.29, 1.82) is 0 Å². The molecule has 9 nitrogen and oxygen atoms in total. The Morgan fingerprint density at radius 3 is 2.20 bits per heavy atom. The lowest BCUT2D eigenvalue weighted by Gasteiger charge is -2.36. The highest BCUT2D eigenvalue weighted by Gasteiger charge is 2.62. The molecular formula is C21H28N2O7. The molecular weight excluding hydrogens is 392 g/mol. The second-order valence-corrected chi connectivity index (χ2v) is 8.68. The average molecular weight is 420 g/mol. The number of hydrogen-bond donors (Lipinski definition) is 2. The van der Waals surface area contributed by atoms with Crippen LogP contribution in [-0.4, -0.2) is 60.1 Å². The van der Waals surface area contributed by atoms with Gasteiger partial charge in [-0.15, -0.1) is 0 Å². The van der Waals surface area contributed by atoms with E-state index in [1.165, 1.54) is 0 Å². The molecule has 0 bridgehead atoms. The summed E-state index contributed by atoms with van der Waals surface area (Å²) in [5.74, 6) is -2.60. The maximum atomic E-state index is 13.0. The van der Waals surface area contributed by atoms with Crippen LogP contribution >= 0.6 is 0 Å². The van der Waals surface area contributed by atoms with Gasteiger partial charge in [0.1, 0.15) is 24.4 Å². The van der Waals surface area contributed by atoms with E-state index in [-0.39, 0.29) is 5.91 Å². The van der Waals surface area contributed by atoms with Gasteiger partial charge in [-0.05, 0) is 46.8 Å². The van der Waals surface area contributed by atoms with E-state index < -0.39 is 54.2 Å². The van der Waals surface area contributed by atoms with E-state index in [2.05, 4.69) is 10.6 Å². The van der Waals surface area contributed by atoms with Crippen molar-refractivity contribution < 1.29 is 33.3 Å². The number of nitrogens with one attached hydrogen (secondary N) is 2. The summed E-state index contributed by atoms with van der Waals surface area (Å²) in [7, 11) is 0. The first-order chi connectivity index (χ1) is 14.0. The topological polar surface area (TPSA) is 104 Å². The summed E-state index contributed by atoms with van der Waals surface area (Å²) < 4.78 is 29.6. The number of carbonyl (C=O) groups excluding carboxylic acids is 2. The molecule has 3 heterocycles. The molecule has 2 N–H and O–H groups in total. The zero-order valence-electron chi connectivity index (χ0n) is 17.7. The fraction of sp³-hybridized carbons (Fsp3) is 0.619. The molecule has 0 aliphatic carbocycles. The van der Waals surface area contributed by atoms with Gasteiger partial charge in [0.05, 0.1) is 0 Å². The quantitative estimate of drug-likeness (QED) is 0.761. The highest BCUT2D eigenvalue weighted by atomic mass is 16.9. The summed E-state index contributed by atoms with van der Waals surface area (Å²) in [5.41, 5.74) is 0.647. The van der Waals surface area contributed by atoms with Gasteiger partial charge in [-0.2, -0.15) is 0 Å². The summed E-state index contributed by atoms with van der Waals surface area (Å²) in [4.78, 5) is 25.5. The normalized spacial score (nSPS) is 34.5. The second kappa shape index (κ2) is 7.58. The Morgan fingerprint density at radius 1 is 0.900 bits per heavy atom. The van der Waals surface area contributed by atoms with E-state index in [1.807, 2.05) is 18.2 Å². The van der Waals surface area contributed by atoms with E-state index in [0.29, 0.717) is 5.69 Å². The first kappa shape index (κ1) is 21.2. The van der Waals surface area contributed by atoms with Crippen LogP contribution in [-0.2, 0) is 33.3 Å². The molecule has 6 atom stereocenters. The molecule has 4 rings (SSSR count). The van der Waals surface area contributed by atoms with Crippen molar-refractivity contribution in [2.24, 2.45) is 0 Å². The number of hydrogen-bond acceptors (Lipinski definition) is 7. The molecule has 3 aliphatic heterocycles. The van der Waals surface area contributed by atoms with Crippen molar-refractivity contribution >= 4 is 17.5 Å². The van der Waals surface area contributed by atoms with Gasteiger partial charge in [-0.1, -0.05) is 18.2 Å². The Morgan fingerprint density at radius 2 is 1.50 bits per heavy atom. The minimum Gasteiger partial charge on any atom is -0.342 e. The molecule has 0 unspecified atom stereocenters. The number of ether oxygens (including phenoxy) is 5. The maximum absolute atomic E-state index is 13.0. The van der Waals surface area contributed by atoms with Crippen LogP contribution in [0.2, 0.25) is 0 Å². The highest BCUT2D eigenvalue weighted by Crippen LogP contribution is 2.44. The maximum Gasteiger partial charge on any atom is 0.252 e. The van der Waals surface area contributed by atoms with Crippen molar-refractivity contribution in [3.05, 3.63) is 30.3 Å². The molecule has 0 radical (unpaired) electrons. The Labute approximate surface area is 175 Å². The van der Waals surface area contributed by atoms with Gasteiger partial charge in [0, 0.05) is 5.69 Å². The van der Waals surface area contributed by atoms with Crippen LogP contribution in [0.5, 0.6) is 0 Å². The number of carbonyl (C=O) groups is 2. The number of fused-ring (bicyclic) bond motifs is 3. The largest absolute Gasteiger partial charge is 0.342 e.